The van der Waals surface area contributed by atoms with Gasteiger partial charge >= 0.3 is 0 Å². The first-order valence-electron chi connectivity index (χ1n) is 5.50. The Morgan fingerprint density at radius 2 is 2.22 bits per heavy atom. The molecule has 90 valence electrons. The summed E-state index contributed by atoms with van der Waals surface area (Å²) in [5.74, 6) is 0.0594. The van der Waals surface area contributed by atoms with E-state index in [4.69, 9.17) is 15.7 Å². The first kappa shape index (κ1) is 11.9. The standard InChI is InChI=1S/C14H12N2O2/c1-9-11(7-12(8-15)14(16)17)6-10-4-2-3-5-13(10)18-9/h2-7,9H,1H3,(H2,16,17)/b12-7+. The van der Waals surface area contributed by atoms with E-state index in [1.54, 1.807) is 6.07 Å². The van der Waals surface area contributed by atoms with Gasteiger partial charge in [0.2, 0.25) is 0 Å². The first-order chi connectivity index (χ1) is 8.61. The molecule has 1 amide bonds. The molecule has 2 rings (SSSR count). The van der Waals surface area contributed by atoms with Crippen LogP contribution in [0.4, 0.5) is 0 Å². The molecule has 4 heteroatoms. The number of benzene rings is 1. The third-order valence-corrected chi connectivity index (χ3v) is 2.71. The van der Waals surface area contributed by atoms with Gasteiger partial charge in [-0.05, 0) is 30.7 Å². The van der Waals surface area contributed by atoms with E-state index in [2.05, 4.69) is 0 Å². The molecule has 0 spiro atoms. The van der Waals surface area contributed by atoms with Gasteiger partial charge < -0.3 is 10.5 Å². The molecule has 1 aliphatic heterocycles. The molecule has 1 aliphatic rings. The van der Waals surface area contributed by atoms with Gasteiger partial charge in [-0.1, -0.05) is 18.2 Å². The number of para-hydroxylation sites is 1. The van der Waals surface area contributed by atoms with Crippen LogP contribution in [0.15, 0.2) is 41.5 Å². The van der Waals surface area contributed by atoms with Gasteiger partial charge in [0.15, 0.2) is 0 Å². The SMILES string of the molecule is CC1Oc2ccccc2C=C1/C=C(\C#N)C(N)=O. The Hall–Kier alpha value is -2.54. The zero-order chi connectivity index (χ0) is 13.1. The number of nitrogens with zero attached hydrogens (tertiary/aromatic N) is 1. The summed E-state index contributed by atoms with van der Waals surface area (Å²) in [5, 5.41) is 8.82. The van der Waals surface area contributed by atoms with E-state index in [1.165, 1.54) is 6.08 Å². The summed E-state index contributed by atoms with van der Waals surface area (Å²) in [5.41, 5.74) is 6.71. The summed E-state index contributed by atoms with van der Waals surface area (Å²) in [6, 6.07) is 9.36. The van der Waals surface area contributed by atoms with Crippen LogP contribution >= 0.6 is 0 Å². The number of carbonyl (C=O) groups excluding carboxylic acids is 1. The fourth-order valence-electron chi connectivity index (χ4n) is 1.75. The Kier molecular flexibility index (Phi) is 3.16. The number of carbonyl (C=O) groups is 1. The number of hydrogen-bond donors (Lipinski definition) is 1. The molecule has 0 aromatic heterocycles. The van der Waals surface area contributed by atoms with Gasteiger partial charge in [0.25, 0.3) is 5.91 Å². The molecule has 0 saturated heterocycles. The number of nitriles is 1. The summed E-state index contributed by atoms with van der Waals surface area (Å²) < 4.78 is 5.70. The van der Waals surface area contributed by atoms with Crippen LogP contribution in [0.25, 0.3) is 6.08 Å². The molecular formula is C14H12N2O2. The maximum absolute atomic E-state index is 11.0. The number of rotatable bonds is 2. The van der Waals surface area contributed by atoms with E-state index in [0.29, 0.717) is 0 Å². The topological polar surface area (TPSA) is 76.1 Å². The zero-order valence-electron chi connectivity index (χ0n) is 9.88. The molecule has 2 N–H and O–H groups in total. The highest BCUT2D eigenvalue weighted by Crippen LogP contribution is 2.30. The third kappa shape index (κ3) is 2.25. The van der Waals surface area contributed by atoms with Gasteiger partial charge in [-0.25, -0.2) is 0 Å². The number of ether oxygens (including phenoxy) is 1. The van der Waals surface area contributed by atoms with Crippen LogP contribution in [0.2, 0.25) is 0 Å². The molecule has 0 radical (unpaired) electrons. The lowest BCUT2D eigenvalue weighted by molar-refractivity contribution is -0.114. The van der Waals surface area contributed by atoms with Gasteiger partial charge in [-0.3, -0.25) is 4.79 Å². The fraction of sp³-hybridized carbons (Fsp3) is 0.143. The molecular weight excluding hydrogens is 228 g/mol. The lowest BCUT2D eigenvalue weighted by Crippen LogP contribution is -2.19. The molecule has 0 fully saturated rings. The fourth-order valence-corrected chi connectivity index (χ4v) is 1.75. The Morgan fingerprint density at radius 1 is 1.50 bits per heavy atom. The molecule has 1 heterocycles. The lowest BCUT2D eigenvalue weighted by Gasteiger charge is -2.22. The Balaban J connectivity index is 2.44. The first-order valence-corrected chi connectivity index (χ1v) is 5.50. The van der Waals surface area contributed by atoms with E-state index in [-0.39, 0.29) is 11.7 Å². The van der Waals surface area contributed by atoms with Crippen molar-refractivity contribution < 1.29 is 9.53 Å². The highest BCUT2D eigenvalue weighted by atomic mass is 16.5. The highest BCUT2D eigenvalue weighted by Gasteiger charge is 2.18. The minimum absolute atomic E-state index is 0.0731. The summed E-state index contributed by atoms with van der Waals surface area (Å²) >= 11 is 0. The van der Waals surface area contributed by atoms with E-state index in [0.717, 1.165) is 16.9 Å². The molecule has 1 aromatic rings. The van der Waals surface area contributed by atoms with E-state index in [1.807, 2.05) is 37.3 Å². The molecule has 0 saturated carbocycles. The van der Waals surface area contributed by atoms with Gasteiger partial charge in [0.1, 0.15) is 23.5 Å². The average molecular weight is 240 g/mol. The number of hydrogen-bond acceptors (Lipinski definition) is 3. The van der Waals surface area contributed by atoms with Crippen molar-refractivity contribution >= 4 is 12.0 Å². The van der Waals surface area contributed by atoms with Gasteiger partial charge in [0.05, 0.1) is 0 Å². The Morgan fingerprint density at radius 3 is 2.89 bits per heavy atom. The molecule has 0 aliphatic carbocycles. The summed E-state index contributed by atoms with van der Waals surface area (Å²) in [4.78, 5) is 11.0. The van der Waals surface area contributed by atoms with Crippen molar-refractivity contribution in [1.29, 1.82) is 5.26 Å². The zero-order valence-corrected chi connectivity index (χ0v) is 9.88. The van der Waals surface area contributed by atoms with Crippen molar-refractivity contribution in [2.24, 2.45) is 5.73 Å². The molecule has 1 atom stereocenters. The molecule has 18 heavy (non-hydrogen) atoms. The quantitative estimate of drug-likeness (QED) is 0.632. The number of fused-ring (bicyclic) bond motifs is 1. The van der Waals surface area contributed by atoms with Crippen LogP contribution in [0, 0.1) is 11.3 Å². The highest BCUT2D eigenvalue weighted by molar-refractivity contribution is 5.96. The second-order valence-corrected chi connectivity index (χ2v) is 3.98. The maximum Gasteiger partial charge on any atom is 0.259 e. The van der Waals surface area contributed by atoms with Crippen molar-refractivity contribution in [3.8, 4) is 11.8 Å². The normalized spacial score (nSPS) is 18.1. The molecule has 0 bridgehead atoms. The summed E-state index contributed by atoms with van der Waals surface area (Å²) in [6.07, 6.45) is 3.15. The van der Waals surface area contributed by atoms with Gasteiger partial charge in [-0.2, -0.15) is 5.26 Å². The van der Waals surface area contributed by atoms with Crippen LogP contribution in [0.3, 0.4) is 0 Å². The maximum atomic E-state index is 11.0. The number of nitrogens with two attached hydrogens (primary N) is 1. The number of amides is 1. The van der Waals surface area contributed by atoms with Crippen molar-refractivity contribution in [3.63, 3.8) is 0 Å². The van der Waals surface area contributed by atoms with Crippen LogP contribution in [-0.2, 0) is 4.79 Å². The van der Waals surface area contributed by atoms with Crippen LogP contribution in [-0.4, -0.2) is 12.0 Å². The summed E-state index contributed by atoms with van der Waals surface area (Å²) in [7, 11) is 0. The van der Waals surface area contributed by atoms with E-state index < -0.39 is 5.91 Å². The van der Waals surface area contributed by atoms with Crippen LogP contribution in [0.1, 0.15) is 12.5 Å². The van der Waals surface area contributed by atoms with Crippen molar-refractivity contribution in [2.75, 3.05) is 0 Å². The minimum Gasteiger partial charge on any atom is -0.485 e. The largest absolute Gasteiger partial charge is 0.485 e. The average Bonchev–Trinajstić information content (AvgIpc) is 2.35. The van der Waals surface area contributed by atoms with Crippen molar-refractivity contribution in [3.05, 3.63) is 47.1 Å². The number of primary amides is 1. The molecule has 1 unspecified atom stereocenters. The lowest BCUT2D eigenvalue weighted by atomic mass is 10.0. The van der Waals surface area contributed by atoms with Crippen LogP contribution in [0.5, 0.6) is 5.75 Å². The summed E-state index contributed by atoms with van der Waals surface area (Å²) in [6.45, 7) is 1.86. The van der Waals surface area contributed by atoms with Gasteiger partial charge in [0, 0.05) is 5.56 Å². The Bertz CT molecular complexity index is 594. The van der Waals surface area contributed by atoms with Crippen molar-refractivity contribution in [2.45, 2.75) is 13.0 Å². The molecule has 4 nitrogen and oxygen atoms in total. The van der Waals surface area contributed by atoms with E-state index in [9.17, 15) is 4.79 Å². The van der Waals surface area contributed by atoms with Gasteiger partial charge in [-0.15, -0.1) is 0 Å². The second kappa shape index (κ2) is 4.76. The minimum atomic E-state index is -0.732. The smallest absolute Gasteiger partial charge is 0.259 e. The van der Waals surface area contributed by atoms with E-state index >= 15 is 0 Å². The van der Waals surface area contributed by atoms with Crippen LogP contribution < -0.4 is 10.5 Å². The molecule has 1 aromatic carbocycles. The monoisotopic (exact) mass is 240 g/mol. The predicted octanol–water partition coefficient (Wildman–Crippen LogP) is 1.79. The second-order valence-electron chi connectivity index (χ2n) is 3.98. The van der Waals surface area contributed by atoms with Crippen molar-refractivity contribution in [1.82, 2.24) is 0 Å². The Labute approximate surface area is 105 Å². The third-order valence-electron chi connectivity index (χ3n) is 2.71. The predicted molar refractivity (Wildman–Crippen MR) is 67.4 cm³/mol.